The predicted octanol–water partition coefficient (Wildman–Crippen LogP) is 1.20. The lowest BCUT2D eigenvalue weighted by Crippen LogP contribution is -1.88. The highest BCUT2D eigenvalue weighted by molar-refractivity contribution is 7.83. The summed E-state index contributed by atoms with van der Waals surface area (Å²) in [6.45, 7) is 0. The van der Waals surface area contributed by atoms with Gasteiger partial charge in [0.15, 0.2) is 0 Å². The summed E-state index contributed by atoms with van der Waals surface area (Å²) in [6, 6.07) is 0. The van der Waals surface area contributed by atoms with Crippen LogP contribution in [0.25, 0.3) is 0 Å². The van der Waals surface area contributed by atoms with Gasteiger partial charge in [-0.1, -0.05) is 0 Å². The summed E-state index contributed by atoms with van der Waals surface area (Å²) in [4.78, 5) is 0. The largest absolute Gasteiger partial charge is 0.396 e. The van der Waals surface area contributed by atoms with Gasteiger partial charge in [-0.05, 0) is 0 Å². The van der Waals surface area contributed by atoms with Crippen LogP contribution in [0.15, 0.2) is 9.59 Å². The fourth-order valence-corrected chi connectivity index (χ4v) is 1.27. The number of rotatable bonds is 0. The first-order valence-corrected chi connectivity index (χ1v) is 3.36. The molecule has 1 rings (SSSR count). The molecule has 0 aromatic carbocycles. The van der Waals surface area contributed by atoms with Crippen molar-refractivity contribution in [3.05, 3.63) is 5.38 Å². The van der Waals surface area contributed by atoms with E-state index in [1.54, 1.807) is 5.38 Å². The van der Waals surface area contributed by atoms with Crippen LogP contribution in [0.2, 0.25) is 0 Å². The fourth-order valence-electron chi connectivity index (χ4n) is 0.370. The van der Waals surface area contributed by atoms with Gasteiger partial charge in [0, 0.05) is 5.38 Å². The van der Waals surface area contributed by atoms with Gasteiger partial charge < -0.3 is 11.5 Å². The molecule has 0 unspecified atom stereocenters. The van der Waals surface area contributed by atoms with E-state index in [0.717, 1.165) is 4.21 Å². The molecule has 44 valence electrons. The zero-order valence-corrected chi connectivity index (χ0v) is 5.80. The minimum Gasteiger partial charge on any atom is -0.396 e. The number of anilines is 2. The molecule has 0 aliphatic rings. The first kappa shape index (κ1) is 5.78. The number of hydrogen-bond acceptors (Lipinski definition) is 4. The standard InChI is InChI=1S/C4H6N2S2/c5-2-1-8-4(7)3(2)6/h1,7H,5-6H2. The van der Waals surface area contributed by atoms with E-state index in [1.165, 1.54) is 11.3 Å². The molecule has 0 aliphatic heterocycles. The molecule has 0 aliphatic carbocycles. The van der Waals surface area contributed by atoms with Crippen molar-refractivity contribution in [1.29, 1.82) is 0 Å². The first-order chi connectivity index (χ1) is 3.72. The highest BCUT2D eigenvalue weighted by atomic mass is 32.2. The van der Waals surface area contributed by atoms with Crippen LogP contribution in [-0.2, 0) is 0 Å². The van der Waals surface area contributed by atoms with Gasteiger partial charge in [0.25, 0.3) is 0 Å². The number of thiol groups is 1. The number of hydrogen-bond donors (Lipinski definition) is 3. The van der Waals surface area contributed by atoms with E-state index in [0.29, 0.717) is 11.4 Å². The lowest BCUT2D eigenvalue weighted by molar-refractivity contribution is 1.69. The number of nitrogen functional groups attached to an aromatic ring is 2. The van der Waals surface area contributed by atoms with Crippen LogP contribution in [0, 0.1) is 0 Å². The Morgan fingerprint density at radius 2 is 2.12 bits per heavy atom. The average molecular weight is 146 g/mol. The Bertz CT molecular complexity index is 174. The first-order valence-electron chi connectivity index (χ1n) is 2.03. The van der Waals surface area contributed by atoms with Gasteiger partial charge in [-0.3, -0.25) is 0 Å². The third-order valence-electron chi connectivity index (χ3n) is 0.839. The third-order valence-corrected chi connectivity index (χ3v) is 2.21. The molecule has 4 heteroatoms. The Balaban J connectivity index is 3.19. The Morgan fingerprint density at radius 1 is 1.50 bits per heavy atom. The quantitative estimate of drug-likeness (QED) is 0.482. The van der Waals surface area contributed by atoms with Crippen molar-refractivity contribution in [2.24, 2.45) is 0 Å². The van der Waals surface area contributed by atoms with Gasteiger partial charge in [0.2, 0.25) is 0 Å². The summed E-state index contributed by atoms with van der Waals surface area (Å²) in [5, 5.41) is 1.78. The van der Waals surface area contributed by atoms with Crippen molar-refractivity contribution in [2.45, 2.75) is 4.21 Å². The predicted molar refractivity (Wildman–Crippen MR) is 40.4 cm³/mol. The summed E-state index contributed by atoms with van der Waals surface area (Å²) < 4.78 is 0.794. The average Bonchev–Trinajstić information content (AvgIpc) is 1.98. The summed E-state index contributed by atoms with van der Waals surface area (Å²) in [6.07, 6.45) is 0. The Hall–Kier alpha value is -0.350. The van der Waals surface area contributed by atoms with E-state index < -0.39 is 0 Å². The zero-order valence-electron chi connectivity index (χ0n) is 4.09. The maximum Gasteiger partial charge on any atom is 0.0820 e. The molecule has 1 aromatic heterocycles. The van der Waals surface area contributed by atoms with Gasteiger partial charge in [0.05, 0.1) is 15.6 Å². The molecule has 0 bridgehead atoms. The van der Waals surface area contributed by atoms with Crippen molar-refractivity contribution >= 4 is 35.3 Å². The molecule has 0 fully saturated rings. The van der Waals surface area contributed by atoms with Gasteiger partial charge in [-0.15, -0.1) is 24.0 Å². The minimum atomic E-state index is 0.596. The third kappa shape index (κ3) is 0.763. The Morgan fingerprint density at radius 3 is 2.25 bits per heavy atom. The van der Waals surface area contributed by atoms with Gasteiger partial charge in [-0.2, -0.15) is 0 Å². The molecule has 0 spiro atoms. The van der Waals surface area contributed by atoms with E-state index in [1.807, 2.05) is 0 Å². The summed E-state index contributed by atoms with van der Waals surface area (Å²) in [5.74, 6) is 0. The highest BCUT2D eigenvalue weighted by Gasteiger charge is 1.98. The summed E-state index contributed by atoms with van der Waals surface area (Å²) in [5.41, 5.74) is 12.0. The van der Waals surface area contributed by atoms with E-state index in [4.69, 9.17) is 11.5 Å². The van der Waals surface area contributed by atoms with Crippen molar-refractivity contribution < 1.29 is 0 Å². The highest BCUT2D eigenvalue weighted by Crippen LogP contribution is 2.29. The topological polar surface area (TPSA) is 52.0 Å². The monoisotopic (exact) mass is 146 g/mol. The van der Waals surface area contributed by atoms with E-state index in [2.05, 4.69) is 12.6 Å². The molecule has 2 nitrogen and oxygen atoms in total. The molecule has 8 heavy (non-hydrogen) atoms. The molecule has 0 saturated carbocycles. The lowest BCUT2D eigenvalue weighted by atomic mass is 10.5. The number of thiophene rings is 1. The molecule has 4 N–H and O–H groups in total. The summed E-state index contributed by atoms with van der Waals surface area (Å²) in [7, 11) is 0. The molecular formula is C4H6N2S2. The Kier molecular flexibility index (Phi) is 1.35. The van der Waals surface area contributed by atoms with E-state index in [9.17, 15) is 0 Å². The van der Waals surface area contributed by atoms with Crippen LogP contribution in [0.1, 0.15) is 0 Å². The van der Waals surface area contributed by atoms with Gasteiger partial charge >= 0.3 is 0 Å². The second-order valence-electron chi connectivity index (χ2n) is 1.41. The summed E-state index contributed by atoms with van der Waals surface area (Å²) >= 11 is 5.48. The van der Waals surface area contributed by atoms with Crippen LogP contribution in [0.5, 0.6) is 0 Å². The number of nitrogens with two attached hydrogens (primary N) is 2. The molecule has 0 atom stereocenters. The fraction of sp³-hybridized carbons (Fsp3) is 0. The van der Waals surface area contributed by atoms with Crippen molar-refractivity contribution in [2.75, 3.05) is 11.5 Å². The van der Waals surface area contributed by atoms with Crippen molar-refractivity contribution in [3.8, 4) is 0 Å². The minimum absolute atomic E-state index is 0.596. The van der Waals surface area contributed by atoms with E-state index in [-0.39, 0.29) is 0 Å². The van der Waals surface area contributed by atoms with Crippen LogP contribution in [-0.4, -0.2) is 0 Å². The van der Waals surface area contributed by atoms with Crippen molar-refractivity contribution in [3.63, 3.8) is 0 Å². The molecule has 0 saturated heterocycles. The van der Waals surface area contributed by atoms with Crippen LogP contribution >= 0.6 is 24.0 Å². The normalized spacial score (nSPS) is 9.62. The second-order valence-corrected chi connectivity index (χ2v) is 3.04. The van der Waals surface area contributed by atoms with Crippen molar-refractivity contribution in [1.82, 2.24) is 0 Å². The molecule has 0 radical (unpaired) electrons. The van der Waals surface area contributed by atoms with E-state index >= 15 is 0 Å². The Labute approximate surface area is 56.9 Å². The second kappa shape index (κ2) is 1.87. The molecule has 0 amide bonds. The smallest absolute Gasteiger partial charge is 0.0820 e. The van der Waals surface area contributed by atoms with Crippen LogP contribution in [0.4, 0.5) is 11.4 Å². The van der Waals surface area contributed by atoms with Gasteiger partial charge in [0.1, 0.15) is 0 Å². The van der Waals surface area contributed by atoms with Gasteiger partial charge in [-0.25, -0.2) is 0 Å². The molecular weight excluding hydrogens is 140 g/mol. The van der Waals surface area contributed by atoms with Crippen LogP contribution < -0.4 is 11.5 Å². The SMILES string of the molecule is Nc1csc(S)c1N. The zero-order chi connectivity index (χ0) is 6.15. The van der Waals surface area contributed by atoms with Crippen LogP contribution in [0.3, 0.4) is 0 Å². The maximum atomic E-state index is 5.41. The maximum absolute atomic E-state index is 5.41. The molecule has 1 aromatic rings. The molecule has 1 heterocycles. The lowest BCUT2D eigenvalue weighted by Gasteiger charge is -1.86.